The second kappa shape index (κ2) is 5.44. The third kappa shape index (κ3) is 2.55. The van der Waals surface area contributed by atoms with Gasteiger partial charge in [-0.1, -0.05) is 18.2 Å². The molecule has 0 aliphatic carbocycles. The summed E-state index contributed by atoms with van der Waals surface area (Å²) in [5.74, 6) is 0. The molecule has 3 aromatic heterocycles. The average Bonchev–Trinajstić information content (AvgIpc) is 3.04. The van der Waals surface area contributed by atoms with Crippen LogP contribution in [0.3, 0.4) is 0 Å². The zero-order chi connectivity index (χ0) is 17.6. The number of fused-ring (bicyclic) bond motifs is 3. The van der Waals surface area contributed by atoms with Crippen molar-refractivity contribution in [1.82, 2.24) is 19.3 Å². The summed E-state index contributed by atoms with van der Waals surface area (Å²) in [6, 6.07) is 9.97. The summed E-state index contributed by atoms with van der Waals surface area (Å²) in [4.78, 5) is 16.7. The molecule has 4 rings (SSSR count). The fourth-order valence-electron chi connectivity index (χ4n) is 2.94. The minimum absolute atomic E-state index is 0.131. The number of hydrogen-bond donors (Lipinski definition) is 0. The topological polar surface area (TPSA) is 52.7 Å². The van der Waals surface area contributed by atoms with Crippen molar-refractivity contribution in [3.8, 4) is 5.69 Å². The largest absolute Gasteiger partial charge is 0.406 e. The molecule has 1 aromatic carbocycles. The number of benzene rings is 1. The van der Waals surface area contributed by atoms with Gasteiger partial charge in [-0.15, -0.1) is 0 Å². The van der Waals surface area contributed by atoms with E-state index in [4.69, 9.17) is 0 Å². The van der Waals surface area contributed by atoms with Gasteiger partial charge in [0.1, 0.15) is 6.54 Å². The van der Waals surface area contributed by atoms with Crippen molar-refractivity contribution in [1.29, 1.82) is 0 Å². The van der Waals surface area contributed by atoms with Gasteiger partial charge in [-0.05, 0) is 18.2 Å². The van der Waals surface area contributed by atoms with E-state index >= 15 is 0 Å². The Labute approximate surface area is 138 Å². The molecule has 0 N–H and O–H groups in total. The van der Waals surface area contributed by atoms with E-state index in [9.17, 15) is 18.0 Å². The molecule has 0 aliphatic rings. The van der Waals surface area contributed by atoms with Crippen LogP contribution in [-0.2, 0) is 6.54 Å². The molecule has 0 radical (unpaired) electrons. The second-order valence-electron chi connectivity index (χ2n) is 5.55. The monoisotopic (exact) mass is 344 g/mol. The van der Waals surface area contributed by atoms with Gasteiger partial charge in [0.2, 0.25) is 0 Å². The van der Waals surface area contributed by atoms with Crippen molar-refractivity contribution < 1.29 is 13.2 Å². The van der Waals surface area contributed by atoms with Gasteiger partial charge in [0.15, 0.2) is 0 Å². The van der Waals surface area contributed by atoms with Gasteiger partial charge in [0, 0.05) is 11.6 Å². The van der Waals surface area contributed by atoms with Crippen LogP contribution in [0.5, 0.6) is 0 Å². The van der Waals surface area contributed by atoms with Gasteiger partial charge in [-0.2, -0.15) is 18.3 Å². The van der Waals surface area contributed by atoms with E-state index in [0.717, 1.165) is 4.57 Å². The van der Waals surface area contributed by atoms with Crippen molar-refractivity contribution in [3.05, 3.63) is 65.3 Å². The molecule has 0 saturated carbocycles. The number of aromatic nitrogens is 4. The molecular formula is C17H11F3N4O. The molecule has 0 atom stereocenters. The van der Waals surface area contributed by atoms with Crippen LogP contribution in [0.1, 0.15) is 0 Å². The first-order chi connectivity index (χ1) is 12.0. The molecule has 0 amide bonds. The Balaban J connectivity index is 2.12. The molecule has 3 heterocycles. The van der Waals surface area contributed by atoms with E-state index in [-0.39, 0.29) is 10.9 Å². The van der Waals surface area contributed by atoms with Crippen LogP contribution < -0.4 is 5.56 Å². The van der Waals surface area contributed by atoms with Gasteiger partial charge in [0.05, 0.1) is 34.5 Å². The first-order valence-corrected chi connectivity index (χ1v) is 7.42. The van der Waals surface area contributed by atoms with Gasteiger partial charge in [-0.25, -0.2) is 4.68 Å². The minimum atomic E-state index is -4.50. The molecule has 0 fully saturated rings. The third-order valence-corrected chi connectivity index (χ3v) is 3.92. The summed E-state index contributed by atoms with van der Waals surface area (Å²) in [5.41, 5.74) is 0.576. The highest BCUT2D eigenvalue weighted by molar-refractivity contribution is 6.04. The van der Waals surface area contributed by atoms with E-state index in [0.29, 0.717) is 16.6 Å². The number of hydrogen-bond acceptors (Lipinski definition) is 3. The number of halogens is 3. The maximum absolute atomic E-state index is 12.9. The van der Waals surface area contributed by atoms with Crippen molar-refractivity contribution in [2.75, 3.05) is 0 Å². The van der Waals surface area contributed by atoms with Crippen LogP contribution >= 0.6 is 0 Å². The van der Waals surface area contributed by atoms with Crippen molar-refractivity contribution in [2.45, 2.75) is 12.7 Å². The molecule has 0 bridgehead atoms. The van der Waals surface area contributed by atoms with Crippen molar-refractivity contribution in [3.63, 3.8) is 0 Å². The highest BCUT2D eigenvalue weighted by Crippen LogP contribution is 2.27. The Morgan fingerprint density at radius 2 is 1.80 bits per heavy atom. The number of alkyl halides is 3. The first-order valence-electron chi connectivity index (χ1n) is 7.42. The summed E-state index contributed by atoms with van der Waals surface area (Å²) in [6.07, 6.45) is -0.0321. The lowest BCUT2D eigenvalue weighted by Crippen LogP contribution is -2.28. The van der Waals surface area contributed by atoms with Gasteiger partial charge in [0.25, 0.3) is 5.56 Å². The molecule has 0 aliphatic heterocycles. The van der Waals surface area contributed by atoms with E-state index in [1.807, 2.05) is 0 Å². The van der Waals surface area contributed by atoms with Crippen LogP contribution in [0.15, 0.2) is 59.8 Å². The van der Waals surface area contributed by atoms with Crippen LogP contribution in [0, 0.1) is 0 Å². The fraction of sp³-hybridized carbons (Fsp3) is 0.118. The molecule has 4 aromatic rings. The van der Waals surface area contributed by atoms with Crippen molar-refractivity contribution >= 4 is 21.8 Å². The molecular weight excluding hydrogens is 333 g/mol. The summed E-state index contributed by atoms with van der Waals surface area (Å²) < 4.78 is 41.1. The molecule has 0 spiro atoms. The number of nitrogens with zero attached hydrogens (tertiary/aromatic N) is 4. The lowest BCUT2D eigenvalue weighted by molar-refractivity contribution is -0.140. The molecule has 5 nitrogen and oxygen atoms in total. The summed E-state index contributed by atoms with van der Waals surface area (Å²) in [6.45, 7) is -1.35. The lowest BCUT2D eigenvalue weighted by atomic mass is 10.1. The summed E-state index contributed by atoms with van der Waals surface area (Å²) in [7, 11) is 0. The smallest absolute Gasteiger partial charge is 0.298 e. The standard InChI is InChI=1S/C17H11F3N4O/c18-17(19,20)10-23-14-6-2-1-5-12(14)15-13(16(23)25)9-22-24(15)11-4-3-7-21-8-11/h1-9H,10H2. The van der Waals surface area contributed by atoms with Crippen LogP contribution in [0.4, 0.5) is 13.2 Å². The van der Waals surface area contributed by atoms with E-state index in [1.54, 1.807) is 42.7 Å². The van der Waals surface area contributed by atoms with Gasteiger partial charge >= 0.3 is 6.18 Å². The molecule has 8 heteroatoms. The highest BCUT2D eigenvalue weighted by atomic mass is 19.4. The van der Waals surface area contributed by atoms with Crippen LogP contribution in [-0.4, -0.2) is 25.5 Å². The van der Waals surface area contributed by atoms with Gasteiger partial charge < -0.3 is 0 Å². The summed E-state index contributed by atoms with van der Waals surface area (Å²) >= 11 is 0. The Bertz CT molecular complexity index is 1130. The minimum Gasteiger partial charge on any atom is -0.298 e. The molecule has 0 saturated heterocycles. The Morgan fingerprint density at radius 1 is 1.00 bits per heavy atom. The SMILES string of the molecule is O=c1c2cnn(-c3cccnc3)c2c2ccccc2n1CC(F)(F)F. The third-order valence-electron chi connectivity index (χ3n) is 3.92. The number of pyridine rings is 2. The van der Waals surface area contributed by atoms with E-state index in [1.165, 1.54) is 16.9 Å². The number of para-hydroxylation sites is 1. The quantitative estimate of drug-likeness (QED) is 0.561. The predicted molar refractivity (Wildman–Crippen MR) is 86.7 cm³/mol. The number of rotatable bonds is 2. The molecule has 126 valence electrons. The van der Waals surface area contributed by atoms with Crippen LogP contribution in [0.25, 0.3) is 27.5 Å². The van der Waals surface area contributed by atoms with Gasteiger partial charge in [-0.3, -0.25) is 14.3 Å². The van der Waals surface area contributed by atoms with E-state index < -0.39 is 18.3 Å². The highest BCUT2D eigenvalue weighted by Gasteiger charge is 2.30. The second-order valence-corrected chi connectivity index (χ2v) is 5.55. The molecule has 0 unspecified atom stereocenters. The normalized spacial score (nSPS) is 12.1. The Morgan fingerprint density at radius 3 is 2.52 bits per heavy atom. The lowest BCUT2D eigenvalue weighted by Gasteiger charge is -2.14. The maximum Gasteiger partial charge on any atom is 0.406 e. The molecule has 25 heavy (non-hydrogen) atoms. The fourth-order valence-corrected chi connectivity index (χ4v) is 2.94. The van der Waals surface area contributed by atoms with Crippen molar-refractivity contribution in [2.24, 2.45) is 0 Å². The average molecular weight is 344 g/mol. The Kier molecular flexibility index (Phi) is 3.34. The zero-order valence-electron chi connectivity index (χ0n) is 12.7. The van der Waals surface area contributed by atoms with E-state index in [2.05, 4.69) is 10.1 Å². The van der Waals surface area contributed by atoms with Crippen LogP contribution in [0.2, 0.25) is 0 Å². The predicted octanol–water partition coefficient (Wildman–Crippen LogP) is 3.30. The Hall–Kier alpha value is -3.16. The summed E-state index contributed by atoms with van der Waals surface area (Å²) in [5, 5.41) is 4.84. The first kappa shape index (κ1) is 15.4. The zero-order valence-corrected chi connectivity index (χ0v) is 12.7. The maximum atomic E-state index is 12.9.